The van der Waals surface area contributed by atoms with E-state index in [4.69, 9.17) is 4.74 Å². The SMILES string of the molecule is CC(C)NCc1ccnc(N(C)CCOCC2CC2)c1. The van der Waals surface area contributed by atoms with Crippen LogP contribution < -0.4 is 10.2 Å². The lowest BCUT2D eigenvalue weighted by molar-refractivity contribution is 0.131. The predicted octanol–water partition coefficient (Wildman–Crippen LogP) is 2.44. The van der Waals surface area contributed by atoms with Crippen LogP contribution in [0.25, 0.3) is 0 Å². The Labute approximate surface area is 122 Å². The minimum absolute atomic E-state index is 0.500. The fraction of sp³-hybridized carbons (Fsp3) is 0.688. The number of ether oxygens (including phenoxy) is 1. The molecule has 1 fully saturated rings. The molecule has 0 unspecified atom stereocenters. The second-order valence-electron chi connectivity index (χ2n) is 6.00. The van der Waals surface area contributed by atoms with Gasteiger partial charge in [-0.2, -0.15) is 0 Å². The van der Waals surface area contributed by atoms with Crippen LogP contribution in [0.5, 0.6) is 0 Å². The van der Waals surface area contributed by atoms with Gasteiger partial charge in [-0.1, -0.05) is 13.8 Å². The number of rotatable bonds is 9. The van der Waals surface area contributed by atoms with Crippen LogP contribution in [-0.4, -0.2) is 37.8 Å². The molecular weight excluding hydrogens is 250 g/mol. The van der Waals surface area contributed by atoms with Gasteiger partial charge in [-0.05, 0) is 36.5 Å². The van der Waals surface area contributed by atoms with Crippen LogP contribution in [0.3, 0.4) is 0 Å². The molecule has 0 atom stereocenters. The van der Waals surface area contributed by atoms with E-state index in [0.29, 0.717) is 6.04 Å². The fourth-order valence-corrected chi connectivity index (χ4v) is 1.95. The molecule has 1 aliphatic rings. The van der Waals surface area contributed by atoms with Crippen molar-refractivity contribution in [3.05, 3.63) is 23.9 Å². The lowest BCUT2D eigenvalue weighted by Crippen LogP contribution is -2.25. The van der Waals surface area contributed by atoms with Crippen molar-refractivity contribution in [2.75, 3.05) is 31.7 Å². The zero-order valence-corrected chi connectivity index (χ0v) is 12.9. The molecule has 112 valence electrons. The van der Waals surface area contributed by atoms with Crippen LogP contribution in [0.15, 0.2) is 18.3 Å². The first-order valence-electron chi connectivity index (χ1n) is 7.62. The first-order chi connectivity index (χ1) is 9.65. The summed E-state index contributed by atoms with van der Waals surface area (Å²) in [5, 5.41) is 3.43. The van der Waals surface area contributed by atoms with Gasteiger partial charge in [-0.25, -0.2) is 4.98 Å². The zero-order chi connectivity index (χ0) is 14.4. The maximum atomic E-state index is 5.68. The van der Waals surface area contributed by atoms with E-state index in [1.807, 2.05) is 6.20 Å². The van der Waals surface area contributed by atoms with Crippen molar-refractivity contribution in [1.29, 1.82) is 0 Å². The second-order valence-corrected chi connectivity index (χ2v) is 6.00. The zero-order valence-electron chi connectivity index (χ0n) is 12.9. The molecule has 1 heterocycles. The Balaban J connectivity index is 1.75. The number of aromatic nitrogens is 1. The van der Waals surface area contributed by atoms with E-state index in [0.717, 1.165) is 38.0 Å². The van der Waals surface area contributed by atoms with Gasteiger partial charge in [0.05, 0.1) is 6.61 Å². The molecule has 1 N–H and O–H groups in total. The first-order valence-corrected chi connectivity index (χ1v) is 7.62. The summed E-state index contributed by atoms with van der Waals surface area (Å²) in [7, 11) is 2.07. The standard InChI is InChI=1S/C16H27N3O/c1-13(2)18-11-15-6-7-17-16(10-15)19(3)8-9-20-12-14-4-5-14/h6-7,10,13-14,18H,4-5,8-9,11-12H2,1-3H3. The number of nitrogens with zero attached hydrogens (tertiary/aromatic N) is 2. The molecule has 4 nitrogen and oxygen atoms in total. The predicted molar refractivity (Wildman–Crippen MR) is 83.0 cm³/mol. The number of pyridine rings is 1. The molecule has 1 aromatic heterocycles. The van der Waals surface area contributed by atoms with Gasteiger partial charge in [0, 0.05) is 39.0 Å². The van der Waals surface area contributed by atoms with Crippen LogP contribution in [-0.2, 0) is 11.3 Å². The van der Waals surface area contributed by atoms with E-state index in [-0.39, 0.29) is 0 Å². The largest absolute Gasteiger partial charge is 0.379 e. The van der Waals surface area contributed by atoms with Crippen molar-refractivity contribution in [1.82, 2.24) is 10.3 Å². The molecule has 20 heavy (non-hydrogen) atoms. The molecule has 4 heteroatoms. The summed E-state index contributed by atoms with van der Waals surface area (Å²) in [4.78, 5) is 6.59. The van der Waals surface area contributed by atoms with Crippen molar-refractivity contribution >= 4 is 5.82 Å². The van der Waals surface area contributed by atoms with E-state index in [1.165, 1.54) is 18.4 Å². The Bertz CT molecular complexity index is 404. The molecule has 0 aliphatic heterocycles. The topological polar surface area (TPSA) is 37.4 Å². The molecule has 2 rings (SSSR count). The minimum atomic E-state index is 0.500. The van der Waals surface area contributed by atoms with E-state index < -0.39 is 0 Å². The third-order valence-corrected chi connectivity index (χ3v) is 3.54. The Hall–Kier alpha value is -1.13. The van der Waals surface area contributed by atoms with Crippen LogP contribution in [0.1, 0.15) is 32.3 Å². The van der Waals surface area contributed by atoms with Crippen molar-refractivity contribution in [2.45, 2.75) is 39.3 Å². The molecule has 0 aromatic carbocycles. The lowest BCUT2D eigenvalue weighted by Gasteiger charge is -2.19. The van der Waals surface area contributed by atoms with Gasteiger partial charge in [-0.3, -0.25) is 0 Å². The Kier molecular flexibility index (Phi) is 5.80. The molecule has 1 aromatic rings. The van der Waals surface area contributed by atoms with Crippen molar-refractivity contribution in [3.8, 4) is 0 Å². The number of likely N-dealkylation sites (N-methyl/N-ethyl adjacent to an activating group) is 1. The van der Waals surface area contributed by atoms with Gasteiger partial charge in [0.1, 0.15) is 5.82 Å². The van der Waals surface area contributed by atoms with Gasteiger partial charge in [0.2, 0.25) is 0 Å². The molecular formula is C16H27N3O. The van der Waals surface area contributed by atoms with Crippen LogP contribution in [0, 0.1) is 5.92 Å². The van der Waals surface area contributed by atoms with Crippen molar-refractivity contribution < 1.29 is 4.74 Å². The average molecular weight is 277 g/mol. The summed E-state index contributed by atoms with van der Waals surface area (Å²) in [5.74, 6) is 1.85. The molecule has 0 spiro atoms. The van der Waals surface area contributed by atoms with Gasteiger partial charge in [-0.15, -0.1) is 0 Å². The van der Waals surface area contributed by atoms with Gasteiger partial charge in [0.25, 0.3) is 0 Å². The fourth-order valence-electron chi connectivity index (χ4n) is 1.95. The van der Waals surface area contributed by atoms with Crippen molar-refractivity contribution in [3.63, 3.8) is 0 Å². The maximum Gasteiger partial charge on any atom is 0.128 e. The molecule has 1 aliphatic carbocycles. The smallest absolute Gasteiger partial charge is 0.128 e. The normalized spacial score (nSPS) is 14.8. The van der Waals surface area contributed by atoms with E-state index in [1.54, 1.807) is 0 Å². The summed E-state index contributed by atoms with van der Waals surface area (Å²) in [6.07, 6.45) is 4.58. The van der Waals surface area contributed by atoms with Crippen LogP contribution >= 0.6 is 0 Å². The Morgan fingerprint density at radius 2 is 2.25 bits per heavy atom. The third-order valence-electron chi connectivity index (χ3n) is 3.54. The molecule has 0 amide bonds. The van der Waals surface area contributed by atoms with E-state index >= 15 is 0 Å². The highest BCUT2D eigenvalue weighted by molar-refractivity contribution is 5.39. The maximum absolute atomic E-state index is 5.68. The number of anilines is 1. The van der Waals surface area contributed by atoms with E-state index in [2.05, 4.69) is 48.2 Å². The van der Waals surface area contributed by atoms with E-state index in [9.17, 15) is 0 Å². The lowest BCUT2D eigenvalue weighted by atomic mass is 10.2. The molecule has 0 saturated heterocycles. The van der Waals surface area contributed by atoms with Gasteiger partial charge < -0.3 is 15.0 Å². The third kappa shape index (κ3) is 5.47. The van der Waals surface area contributed by atoms with Crippen LogP contribution in [0.4, 0.5) is 5.82 Å². The quantitative estimate of drug-likeness (QED) is 0.704. The highest BCUT2D eigenvalue weighted by atomic mass is 16.5. The van der Waals surface area contributed by atoms with Gasteiger partial charge >= 0.3 is 0 Å². The summed E-state index contributed by atoms with van der Waals surface area (Å²) < 4.78 is 5.68. The summed E-state index contributed by atoms with van der Waals surface area (Å²) in [6, 6.07) is 4.72. The average Bonchev–Trinajstić information content (AvgIpc) is 3.25. The Morgan fingerprint density at radius 1 is 1.45 bits per heavy atom. The first kappa shape index (κ1) is 15.3. The summed E-state index contributed by atoms with van der Waals surface area (Å²) in [5.41, 5.74) is 1.27. The monoisotopic (exact) mass is 277 g/mol. The number of hydrogen-bond acceptors (Lipinski definition) is 4. The molecule has 0 radical (unpaired) electrons. The highest BCUT2D eigenvalue weighted by Gasteiger charge is 2.20. The molecule has 0 bridgehead atoms. The molecule has 1 saturated carbocycles. The van der Waals surface area contributed by atoms with Gasteiger partial charge in [0.15, 0.2) is 0 Å². The minimum Gasteiger partial charge on any atom is -0.379 e. The summed E-state index contributed by atoms with van der Waals surface area (Å²) >= 11 is 0. The summed E-state index contributed by atoms with van der Waals surface area (Å²) in [6.45, 7) is 7.81. The Morgan fingerprint density at radius 3 is 2.95 bits per heavy atom. The number of hydrogen-bond donors (Lipinski definition) is 1. The second kappa shape index (κ2) is 7.60. The highest BCUT2D eigenvalue weighted by Crippen LogP contribution is 2.28. The number of nitrogens with one attached hydrogen (secondary N) is 1. The van der Waals surface area contributed by atoms with Crippen LogP contribution in [0.2, 0.25) is 0 Å². The van der Waals surface area contributed by atoms with Crippen molar-refractivity contribution in [2.24, 2.45) is 5.92 Å².